The molecule has 1 aromatic rings. The first kappa shape index (κ1) is 30.3. The molecule has 2 heterocycles. The number of carbonyl (C=O) groups is 2. The number of hydrogen-bond donors (Lipinski definition) is 0. The molecular formula is C29H44F2N2O5. The maximum absolute atomic E-state index is 14.0. The molecular weight excluding hydrogens is 494 g/mol. The zero-order valence-corrected chi connectivity index (χ0v) is 24.1. The number of piperidine rings is 1. The Morgan fingerprint density at radius 3 is 2.32 bits per heavy atom. The molecule has 2 fully saturated rings. The predicted molar refractivity (Wildman–Crippen MR) is 140 cm³/mol. The molecule has 7 nitrogen and oxygen atoms in total. The molecule has 2 amide bonds. The monoisotopic (exact) mass is 538 g/mol. The first-order chi connectivity index (χ1) is 17.6. The second kappa shape index (κ2) is 11.9. The first-order valence-corrected chi connectivity index (χ1v) is 13.6. The van der Waals surface area contributed by atoms with Crippen molar-refractivity contribution in [3.8, 4) is 0 Å². The Morgan fingerprint density at radius 1 is 1.13 bits per heavy atom. The maximum Gasteiger partial charge on any atom is 0.410 e. The van der Waals surface area contributed by atoms with Gasteiger partial charge in [-0.2, -0.15) is 0 Å². The van der Waals surface area contributed by atoms with Crippen LogP contribution in [0, 0.1) is 17.6 Å². The molecule has 0 radical (unpaired) electrons. The van der Waals surface area contributed by atoms with E-state index in [0.717, 1.165) is 12.5 Å². The Kier molecular flexibility index (Phi) is 9.45. The Balaban J connectivity index is 1.94. The summed E-state index contributed by atoms with van der Waals surface area (Å²) in [6, 6.07) is 2.41. The molecule has 0 aliphatic carbocycles. The number of nitrogens with zero attached hydrogens (tertiary/aromatic N) is 2. The highest BCUT2D eigenvalue weighted by molar-refractivity contribution is 5.75. The fraction of sp³-hybridized carbons (Fsp3) is 0.724. The lowest BCUT2D eigenvalue weighted by Gasteiger charge is -2.43. The van der Waals surface area contributed by atoms with Gasteiger partial charge in [-0.15, -0.1) is 0 Å². The number of hydrogen-bond acceptors (Lipinski definition) is 5. The van der Waals surface area contributed by atoms with Crippen LogP contribution in [-0.4, -0.2) is 70.6 Å². The van der Waals surface area contributed by atoms with E-state index in [0.29, 0.717) is 37.5 Å². The third-order valence-electron chi connectivity index (χ3n) is 7.06. The summed E-state index contributed by atoms with van der Waals surface area (Å²) in [7, 11) is 0. The average molecular weight is 539 g/mol. The van der Waals surface area contributed by atoms with Crippen LogP contribution >= 0.6 is 0 Å². The number of carbonyl (C=O) groups excluding carboxylic acids is 2. The molecule has 214 valence electrons. The van der Waals surface area contributed by atoms with E-state index in [1.54, 1.807) is 23.6 Å². The zero-order valence-electron chi connectivity index (χ0n) is 24.1. The number of benzene rings is 1. The third-order valence-corrected chi connectivity index (χ3v) is 7.06. The SMILES string of the molecule is CC(=O)N1[C@@H](Cc2cc(F)cc(F)c2)[C@@H]([C@H]2CC[C@@H](OCCC(C)C)CN2C(=O)OC(C)(C)C)OC1(C)C. The van der Waals surface area contributed by atoms with E-state index in [4.69, 9.17) is 14.2 Å². The summed E-state index contributed by atoms with van der Waals surface area (Å²) < 4.78 is 46.5. The lowest BCUT2D eigenvalue weighted by molar-refractivity contribution is -0.147. The largest absolute Gasteiger partial charge is 0.444 e. The van der Waals surface area contributed by atoms with Crippen molar-refractivity contribution in [2.75, 3.05) is 13.2 Å². The number of likely N-dealkylation sites (tertiary alicyclic amines) is 1. The minimum Gasteiger partial charge on any atom is -0.444 e. The van der Waals surface area contributed by atoms with Crippen molar-refractivity contribution in [3.63, 3.8) is 0 Å². The Labute approximate surface area is 225 Å². The van der Waals surface area contributed by atoms with Gasteiger partial charge in [-0.25, -0.2) is 13.6 Å². The number of ether oxygens (including phenoxy) is 3. The van der Waals surface area contributed by atoms with E-state index in [9.17, 15) is 18.4 Å². The van der Waals surface area contributed by atoms with E-state index in [1.807, 2.05) is 20.8 Å². The molecule has 0 saturated carbocycles. The van der Waals surface area contributed by atoms with Gasteiger partial charge in [0.2, 0.25) is 5.91 Å². The van der Waals surface area contributed by atoms with Gasteiger partial charge in [0.05, 0.1) is 24.7 Å². The highest BCUT2D eigenvalue weighted by Gasteiger charge is 2.54. The van der Waals surface area contributed by atoms with Crippen molar-refractivity contribution in [3.05, 3.63) is 35.4 Å². The average Bonchev–Trinajstić information content (AvgIpc) is 3.01. The molecule has 2 aliphatic heterocycles. The van der Waals surface area contributed by atoms with Gasteiger partial charge in [-0.3, -0.25) is 9.69 Å². The van der Waals surface area contributed by atoms with Gasteiger partial charge < -0.3 is 19.1 Å². The molecule has 38 heavy (non-hydrogen) atoms. The molecule has 0 spiro atoms. The highest BCUT2D eigenvalue weighted by atomic mass is 19.1. The van der Waals surface area contributed by atoms with E-state index in [1.165, 1.54) is 19.1 Å². The Morgan fingerprint density at radius 2 is 1.76 bits per heavy atom. The van der Waals surface area contributed by atoms with Crippen molar-refractivity contribution in [2.24, 2.45) is 5.92 Å². The first-order valence-electron chi connectivity index (χ1n) is 13.6. The summed E-state index contributed by atoms with van der Waals surface area (Å²) in [4.78, 5) is 29.6. The molecule has 4 atom stereocenters. The van der Waals surface area contributed by atoms with Crippen molar-refractivity contribution in [1.82, 2.24) is 9.80 Å². The van der Waals surface area contributed by atoms with E-state index < -0.39 is 47.2 Å². The van der Waals surface area contributed by atoms with Crippen LogP contribution in [0.1, 0.15) is 80.2 Å². The predicted octanol–water partition coefficient (Wildman–Crippen LogP) is 5.69. The number of amides is 2. The summed E-state index contributed by atoms with van der Waals surface area (Å²) in [6.45, 7) is 15.7. The lowest BCUT2D eigenvalue weighted by Crippen LogP contribution is -2.58. The minimum atomic E-state index is -0.975. The van der Waals surface area contributed by atoms with Gasteiger partial charge in [-0.1, -0.05) is 13.8 Å². The summed E-state index contributed by atoms with van der Waals surface area (Å²) >= 11 is 0. The standard InChI is InChI=1S/C29H44F2N2O5/c1-18(2)11-12-36-23-9-10-24(32(17-23)27(35)38-28(4,5)6)26-25(33(19(3)34)29(7,8)37-26)15-20-13-21(30)16-22(31)14-20/h13-14,16,18,23-26H,9-12,15,17H2,1-8H3/t23-,24-,25+,26-/m1/s1. The topological polar surface area (TPSA) is 68.3 Å². The van der Waals surface area contributed by atoms with Gasteiger partial charge >= 0.3 is 6.09 Å². The van der Waals surface area contributed by atoms with Crippen molar-refractivity contribution in [1.29, 1.82) is 0 Å². The molecule has 0 N–H and O–H groups in total. The van der Waals surface area contributed by atoms with Crippen LogP contribution in [0.4, 0.5) is 13.6 Å². The van der Waals surface area contributed by atoms with Crippen molar-refractivity contribution >= 4 is 12.0 Å². The quantitative estimate of drug-likeness (QED) is 0.446. The Bertz CT molecular complexity index is 973. The molecule has 0 bridgehead atoms. The molecule has 9 heteroatoms. The van der Waals surface area contributed by atoms with Crippen LogP contribution in [-0.2, 0) is 25.4 Å². The van der Waals surface area contributed by atoms with Crippen LogP contribution in [0.3, 0.4) is 0 Å². The van der Waals surface area contributed by atoms with E-state index >= 15 is 0 Å². The molecule has 2 aliphatic rings. The van der Waals surface area contributed by atoms with Gasteiger partial charge in [0.25, 0.3) is 0 Å². The molecule has 3 rings (SSSR count). The van der Waals surface area contributed by atoms with E-state index in [-0.39, 0.29) is 18.4 Å². The molecule has 0 aromatic heterocycles. The fourth-order valence-corrected chi connectivity index (χ4v) is 5.58. The van der Waals surface area contributed by atoms with Crippen LogP contribution in [0.15, 0.2) is 18.2 Å². The summed E-state index contributed by atoms with van der Waals surface area (Å²) in [6.07, 6.45) is 1.17. The van der Waals surface area contributed by atoms with Crippen LogP contribution < -0.4 is 0 Å². The highest BCUT2D eigenvalue weighted by Crippen LogP contribution is 2.39. The lowest BCUT2D eigenvalue weighted by atomic mass is 9.89. The smallest absolute Gasteiger partial charge is 0.410 e. The molecule has 1 aromatic carbocycles. The van der Waals surface area contributed by atoms with Crippen molar-refractivity contribution in [2.45, 2.75) is 117 Å². The zero-order chi connectivity index (χ0) is 28.4. The van der Waals surface area contributed by atoms with Gasteiger partial charge in [0.15, 0.2) is 0 Å². The number of halogens is 2. The maximum atomic E-state index is 14.0. The fourth-order valence-electron chi connectivity index (χ4n) is 5.58. The minimum absolute atomic E-state index is 0.147. The number of rotatable bonds is 7. The second-order valence-electron chi connectivity index (χ2n) is 12.4. The summed E-state index contributed by atoms with van der Waals surface area (Å²) in [5, 5.41) is 0. The Hall–Kier alpha value is -2.26. The van der Waals surface area contributed by atoms with Crippen LogP contribution in [0.5, 0.6) is 0 Å². The van der Waals surface area contributed by atoms with E-state index in [2.05, 4.69) is 13.8 Å². The second-order valence-corrected chi connectivity index (χ2v) is 12.4. The molecule has 0 unspecified atom stereocenters. The third kappa shape index (κ3) is 7.65. The summed E-state index contributed by atoms with van der Waals surface area (Å²) in [5.41, 5.74) is -1.26. The van der Waals surface area contributed by atoms with Crippen molar-refractivity contribution < 1.29 is 32.6 Å². The van der Waals surface area contributed by atoms with Gasteiger partial charge in [0.1, 0.15) is 29.1 Å². The normalized spacial score (nSPS) is 25.7. The van der Waals surface area contributed by atoms with Crippen LogP contribution in [0.25, 0.3) is 0 Å². The van der Waals surface area contributed by atoms with Gasteiger partial charge in [0, 0.05) is 19.6 Å². The summed E-state index contributed by atoms with van der Waals surface area (Å²) in [5.74, 6) is -1.07. The van der Waals surface area contributed by atoms with Crippen LogP contribution in [0.2, 0.25) is 0 Å². The molecule has 2 saturated heterocycles. The van der Waals surface area contributed by atoms with Gasteiger partial charge in [-0.05, 0) is 83.9 Å².